The standard InChI is InChI=1S/C66H80N6O16/c73-63-59-41-57(42-60(71-59)64(74)68-46-50-9-17-54(18-10-50)86-38-34-80-30-26-77-25-29-79-33-37-85-53-15-7-49(8-16-53)45-67-63)83-23-5-3-1-2-4-6-24-84-58-43-61-65(75)69-47-51-11-19-55(20-12-51)87-39-35-81-31-27-78-28-32-82-36-40-88-56-21-13-52(14-22-56)48-70-66(76)62(44-58)72-61/h7-22,41-44H,1-6,23-40,45-48H2,(H,67,73)(H,68,74)(H,69,75)(H,70,76). The van der Waals surface area contributed by atoms with E-state index in [-0.39, 0.29) is 49.0 Å². The molecule has 14 rings (SSSR count). The van der Waals surface area contributed by atoms with E-state index < -0.39 is 23.6 Å². The third kappa shape index (κ3) is 24.4. The number of hydrogen-bond donors (Lipinski definition) is 4. The zero-order valence-electron chi connectivity index (χ0n) is 49.8. The first-order valence-corrected chi connectivity index (χ1v) is 30.1. The zero-order valence-corrected chi connectivity index (χ0v) is 49.8. The van der Waals surface area contributed by atoms with Gasteiger partial charge in [0.15, 0.2) is 0 Å². The molecule has 0 atom stereocenters. The second-order valence-corrected chi connectivity index (χ2v) is 20.3. The summed E-state index contributed by atoms with van der Waals surface area (Å²) in [7, 11) is 0. The second-order valence-electron chi connectivity index (χ2n) is 20.3. The summed E-state index contributed by atoms with van der Waals surface area (Å²) in [4.78, 5) is 63.3. The summed E-state index contributed by atoms with van der Waals surface area (Å²) < 4.78 is 69.2. The number of carbonyl (C=O) groups is 4. The molecule has 6 aromatic rings. The summed E-state index contributed by atoms with van der Waals surface area (Å²) in [6.07, 6.45) is 5.05. The lowest BCUT2D eigenvalue weighted by Gasteiger charge is -2.13. The number of aromatic nitrogens is 2. The monoisotopic (exact) mass is 1210 g/mol. The molecule has 0 saturated heterocycles. The van der Waals surface area contributed by atoms with Crippen LogP contribution in [0.3, 0.4) is 0 Å². The van der Waals surface area contributed by atoms with E-state index in [1.807, 2.05) is 97.1 Å². The number of nitrogens with zero attached hydrogens (tertiary/aromatic N) is 2. The predicted octanol–water partition coefficient (Wildman–Crippen LogP) is 7.64. The van der Waals surface area contributed by atoms with Crippen molar-refractivity contribution in [3.63, 3.8) is 0 Å². The number of pyridine rings is 2. The maximum absolute atomic E-state index is 13.6. The van der Waals surface area contributed by atoms with Gasteiger partial charge in [0.1, 0.15) is 83.7 Å². The van der Waals surface area contributed by atoms with Gasteiger partial charge in [0.25, 0.3) is 23.6 Å². The fourth-order valence-electron chi connectivity index (χ4n) is 8.80. The van der Waals surface area contributed by atoms with Crippen molar-refractivity contribution < 1.29 is 76.0 Å². The van der Waals surface area contributed by atoms with Gasteiger partial charge in [-0.15, -0.1) is 0 Å². The Hall–Kier alpha value is -8.38. The lowest BCUT2D eigenvalue weighted by atomic mass is 10.1. The van der Waals surface area contributed by atoms with Crippen molar-refractivity contribution in [2.24, 2.45) is 0 Å². The number of ether oxygens (including phenoxy) is 12. The van der Waals surface area contributed by atoms with Crippen molar-refractivity contribution in [3.05, 3.63) is 166 Å². The van der Waals surface area contributed by atoms with Gasteiger partial charge in [0.2, 0.25) is 0 Å². The Morgan fingerprint density at radius 1 is 0.295 bits per heavy atom. The van der Waals surface area contributed by atoms with E-state index in [1.165, 1.54) is 0 Å². The van der Waals surface area contributed by atoms with Gasteiger partial charge in [-0.2, -0.15) is 0 Å². The molecule has 22 nitrogen and oxygen atoms in total. The SMILES string of the molecule is O=C1NCc2ccc(cc2)OCCOCCOCCOCCOc2ccc(cc2)CNC(=O)c2cc(OCCCCCCCCOc3cc4nc(c3)C(=O)NCc3ccc(cc3)OCCOCCOCCOCCOc3ccc(cc3)CNC4=O)cc1n2. The summed E-state index contributed by atoms with van der Waals surface area (Å²) in [6.45, 7) is 8.12. The van der Waals surface area contributed by atoms with Crippen LogP contribution in [0.25, 0.3) is 0 Å². The molecule has 8 aliphatic rings. The molecule has 2 aromatic heterocycles. The Morgan fingerprint density at radius 3 is 0.750 bits per heavy atom. The van der Waals surface area contributed by atoms with Crippen molar-refractivity contribution in [3.8, 4) is 34.5 Å². The van der Waals surface area contributed by atoms with Gasteiger partial charge >= 0.3 is 0 Å². The van der Waals surface area contributed by atoms with Crippen LogP contribution >= 0.6 is 0 Å². The van der Waals surface area contributed by atoms with E-state index >= 15 is 0 Å². The van der Waals surface area contributed by atoms with Crippen molar-refractivity contribution >= 4 is 23.6 Å². The highest BCUT2D eigenvalue weighted by molar-refractivity contribution is 5.98. The number of benzene rings is 4. The number of carbonyl (C=O) groups excluding carboxylic acids is 4. The average molecular weight is 1210 g/mol. The molecule has 470 valence electrons. The van der Waals surface area contributed by atoms with Crippen LogP contribution < -0.4 is 49.7 Å². The van der Waals surface area contributed by atoms with Crippen LogP contribution in [-0.4, -0.2) is 153 Å². The fourth-order valence-corrected chi connectivity index (χ4v) is 8.80. The van der Waals surface area contributed by atoms with Crippen LogP contribution in [0, 0.1) is 0 Å². The predicted molar refractivity (Wildman–Crippen MR) is 325 cm³/mol. The second kappa shape index (κ2) is 38.0. The molecule has 4 N–H and O–H groups in total. The summed E-state index contributed by atoms with van der Waals surface area (Å²) >= 11 is 0. The molecule has 10 heterocycles. The number of amides is 4. The topological polar surface area (TPSA) is 253 Å². The summed E-state index contributed by atoms with van der Waals surface area (Å²) in [6, 6.07) is 35.7. The molecular formula is C66H80N6O16. The van der Waals surface area contributed by atoms with Crippen LogP contribution in [0.5, 0.6) is 34.5 Å². The molecule has 4 amide bonds. The lowest BCUT2D eigenvalue weighted by Crippen LogP contribution is -2.27. The summed E-state index contributed by atoms with van der Waals surface area (Å²) in [5, 5.41) is 11.7. The molecule has 22 heteroatoms. The van der Waals surface area contributed by atoms with Crippen LogP contribution in [0.15, 0.2) is 121 Å². The van der Waals surface area contributed by atoms with E-state index in [0.29, 0.717) is 153 Å². The number of rotatable bonds is 11. The summed E-state index contributed by atoms with van der Waals surface area (Å²) in [5.74, 6) is 1.48. The van der Waals surface area contributed by atoms with Crippen molar-refractivity contribution in [1.82, 2.24) is 31.2 Å². The van der Waals surface area contributed by atoms with Crippen LogP contribution in [0.4, 0.5) is 0 Å². The number of nitrogens with one attached hydrogen (secondary N) is 4. The minimum Gasteiger partial charge on any atom is -0.493 e. The zero-order chi connectivity index (χ0) is 61.1. The van der Waals surface area contributed by atoms with E-state index in [1.54, 1.807) is 24.3 Å². The smallest absolute Gasteiger partial charge is 0.270 e. The first kappa shape index (κ1) is 65.6. The van der Waals surface area contributed by atoms with E-state index in [4.69, 9.17) is 56.8 Å². The quantitative estimate of drug-likeness (QED) is 0.0909. The minimum absolute atomic E-state index is 0.0380. The van der Waals surface area contributed by atoms with Crippen LogP contribution in [-0.2, 0) is 54.6 Å². The van der Waals surface area contributed by atoms with Crippen molar-refractivity contribution in [1.29, 1.82) is 0 Å². The first-order valence-electron chi connectivity index (χ1n) is 30.1. The Labute approximate surface area is 513 Å². The molecule has 88 heavy (non-hydrogen) atoms. The molecule has 0 saturated carbocycles. The first-order chi connectivity index (χ1) is 43.3. The van der Waals surface area contributed by atoms with Gasteiger partial charge < -0.3 is 78.1 Å². The van der Waals surface area contributed by atoms with Gasteiger partial charge in [-0.3, -0.25) is 19.2 Å². The molecule has 0 spiro atoms. The Bertz CT molecular complexity index is 2660. The maximum Gasteiger partial charge on any atom is 0.270 e. The van der Waals surface area contributed by atoms with Gasteiger partial charge in [-0.1, -0.05) is 74.2 Å². The minimum atomic E-state index is -0.469. The van der Waals surface area contributed by atoms with Gasteiger partial charge in [-0.05, 0) is 83.6 Å². The summed E-state index contributed by atoms with van der Waals surface area (Å²) in [5.41, 5.74) is 3.51. The van der Waals surface area contributed by atoms with Gasteiger partial charge in [0.05, 0.1) is 92.5 Å². The molecule has 0 aliphatic carbocycles. The molecule has 8 aliphatic heterocycles. The van der Waals surface area contributed by atoms with Crippen LogP contribution in [0.2, 0.25) is 0 Å². The van der Waals surface area contributed by atoms with Crippen molar-refractivity contribution in [2.45, 2.75) is 64.7 Å². The molecular weight excluding hydrogens is 1130 g/mol. The third-order valence-electron chi connectivity index (χ3n) is 13.6. The molecule has 0 radical (unpaired) electrons. The maximum atomic E-state index is 13.6. The Morgan fingerprint density at radius 2 is 0.511 bits per heavy atom. The normalized spacial score (nSPS) is 16.4. The highest BCUT2D eigenvalue weighted by Crippen LogP contribution is 2.21. The Balaban J connectivity index is 0.815. The van der Waals surface area contributed by atoms with E-state index in [0.717, 1.165) is 60.8 Å². The highest BCUT2D eigenvalue weighted by Gasteiger charge is 2.19. The Kier molecular flexibility index (Phi) is 28.3. The lowest BCUT2D eigenvalue weighted by molar-refractivity contribution is 0.00499. The highest BCUT2D eigenvalue weighted by atomic mass is 16.6. The van der Waals surface area contributed by atoms with E-state index in [2.05, 4.69) is 31.2 Å². The number of hydrogen-bond acceptors (Lipinski definition) is 18. The average Bonchev–Trinajstić information content (AvgIpc) is 3.57. The molecule has 0 fully saturated rings. The van der Waals surface area contributed by atoms with Gasteiger partial charge in [0, 0.05) is 50.4 Å². The third-order valence-corrected chi connectivity index (χ3v) is 13.6. The van der Waals surface area contributed by atoms with E-state index in [9.17, 15) is 19.2 Å². The van der Waals surface area contributed by atoms with Gasteiger partial charge in [-0.25, -0.2) is 9.97 Å². The number of unbranched alkanes of at least 4 members (excludes halogenated alkanes) is 5. The van der Waals surface area contributed by atoms with Crippen molar-refractivity contribution in [2.75, 3.05) is 119 Å². The molecule has 12 bridgehead atoms. The molecule has 0 unspecified atom stereocenters. The van der Waals surface area contributed by atoms with Crippen LogP contribution in [0.1, 0.15) is 103 Å². The largest absolute Gasteiger partial charge is 0.493 e. The molecule has 4 aromatic carbocycles. The fraction of sp³-hybridized carbons (Fsp3) is 0.424.